The second-order valence-corrected chi connectivity index (χ2v) is 7.16. The lowest BCUT2D eigenvalue weighted by Crippen LogP contribution is -2.27. The van der Waals surface area contributed by atoms with Gasteiger partial charge < -0.3 is 5.32 Å². The summed E-state index contributed by atoms with van der Waals surface area (Å²) < 4.78 is 1.17. The van der Waals surface area contributed by atoms with Gasteiger partial charge in [-0.25, -0.2) is 0 Å². The second kappa shape index (κ2) is 10.4. The van der Waals surface area contributed by atoms with E-state index in [2.05, 4.69) is 66.3 Å². The van der Waals surface area contributed by atoms with E-state index >= 15 is 0 Å². The van der Waals surface area contributed by atoms with E-state index in [4.69, 9.17) is 0 Å². The molecule has 1 N–H and O–H groups in total. The first-order chi connectivity index (χ1) is 9.61. The fourth-order valence-corrected chi connectivity index (χ4v) is 2.75. The average molecular weight is 340 g/mol. The molecule has 1 nitrogen and oxygen atoms in total. The van der Waals surface area contributed by atoms with E-state index in [1.807, 2.05) is 0 Å². The van der Waals surface area contributed by atoms with E-state index in [0.717, 1.165) is 24.9 Å². The van der Waals surface area contributed by atoms with Gasteiger partial charge in [0.15, 0.2) is 0 Å². The highest BCUT2D eigenvalue weighted by atomic mass is 79.9. The Bertz CT molecular complexity index is 345. The van der Waals surface area contributed by atoms with Crippen LogP contribution in [-0.2, 0) is 6.42 Å². The van der Waals surface area contributed by atoms with Gasteiger partial charge in [0, 0.05) is 4.47 Å². The molecule has 0 saturated carbocycles. The zero-order valence-electron chi connectivity index (χ0n) is 13.3. The van der Waals surface area contributed by atoms with Crippen molar-refractivity contribution in [3.63, 3.8) is 0 Å². The molecule has 0 aliphatic rings. The van der Waals surface area contributed by atoms with Crippen molar-refractivity contribution >= 4 is 15.9 Å². The van der Waals surface area contributed by atoms with Crippen molar-refractivity contribution in [2.24, 2.45) is 11.8 Å². The molecule has 1 rings (SSSR count). The highest BCUT2D eigenvalue weighted by Crippen LogP contribution is 2.18. The molecule has 1 unspecified atom stereocenters. The molecule has 0 radical (unpaired) electrons. The topological polar surface area (TPSA) is 12.0 Å². The summed E-state index contributed by atoms with van der Waals surface area (Å²) >= 11 is 3.51. The molecule has 1 aromatic carbocycles. The first kappa shape index (κ1) is 17.7. The third-order valence-electron chi connectivity index (χ3n) is 3.64. The van der Waals surface area contributed by atoms with Crippen LogP contribution in [0.15, 0.2) is 28.7 Å². The van der Waals surface area contributed by atoms with E-state index in [1.54, 1.807) is 0 Å². The number of rotatable bonds is 10. The quantitative estimate of drug-likeness (QED) is 0.560. The molecule has 0 bridgehead atoms. The minimum atomic E-state index is 0.735. The van der Waals surface area contributed by atoms with Crippen molar-refractivity contribution in [3.8, 4) is 0 Å². The first-order valence-electron chi connectivity index (χ1n) is 8.07. The Balaban J connectivity index is 2.45. The van der Waals surface area contributed by atoms with Gasteiger partial charge in [0.2, 0.25) is 0 Å². The standard InChI is InChI=1S/C18H30BrN/c1-4-5-6-7-17(14-20-13-15(2)3)12-16-8-10-18(19)11-9-16/h8-11,15,17,20H,4-7,12-14H2,1-3H3. The molecule has 0 aromatic heterocycles. The largest absolute Gasteiger partial charge is 0.316 e. The summed E-state index contributed by atoms with van der Waals surface area (Å²) in [4.78, 5) is 0. The summed E-state index contributed by atoms with van der Waals surface area (Å²) in [6, 6.07) is 8.80. The summed E-state index contributed by atoms with van der Waals surface area (Å²) in [5.41, 5.74) is 1.46. The molecule has 1 atom stereocenters. The third kappa shape index (κ3) is 8.06. The van der Waals surface area contributed by atoms with Crippen molar-refractivity contribution in [1.82, 2.24) is 5.32 Å². The highest BCUT2D eigenvalue weighted by molar-refractivity contribution is 9.10. The number of hydrogen-bond acceptors (Lipinski definition) is 1. The average Bonchev–Trinajstić information content (AvgIpc) is 2.41. The molecule has 0 aliphatic heterocycles. The van der Waals surface area contributed by atoms with Gasteiger partial charge in [-0.1, -0.05) is 68.1 Å². The van der Waals surface area contributed by atoms with Gasteiger partial charge >= 0.3 is 0 Å². The maximum atomic E-state index is 3.63. The van der Waals surface area contributed by atoms with Crippen LogP contribution < -0.4 is 5.32 Å². The molecule has 0 heterocycles. The van der Waals surface area contributed by atoms with Gasteiger partial charge in [-0.15, -0.1) is 0 Å². The van der Waals surface area contributed by atoms with Crippen LogP contribution >= 0.6 is 15.9 Å². The Morgan fingerprint density at radius 1 is 1.05 bits per heavy atom. The van der Waals surface area contributed by atoms with Crippen LogP contribution in [-0.4, -0.2) is 13.1 Å². The van der Waals surface area contributed by atoms with E-state index in [0.29, 0.717) is 0 Å². The molecule has 0 amide bonds. The molecule has 0 spiro atoms. The van der Waals surface area contributed by atoms with Gasteiger partial charge in [0.05, 0.1) is 0 Å². The lowest BCUT2D eigenvalue weighted by Gasteiger charge is -2.19. The smallest absolute Gasteiger partial charge is 0.0175 e. The Kier molecular flexibility index (Phi) is 9.21. The van der Waals surface area contributed by atoms with E-state index in [1.165, 1.54) is 42.1 Å². The van der Waals surface area contributed by atoms with Crippen molar-refractivity contribution in [2.75, 3.05) is 13.1 Å². The monoisotopic (exact) mass is 339 g/mol. The summed E-state index contributed by atoms with van der Waals surface area (Å²) in [6.07, 6.45) is 6.57. The molecule has 20 heavy (non-hydrogen) atoms. The minimum Gasteiger partial charge on any atom is -0.316 e. The van der Waals surface area contributed by atoms with Crippen LogP contribution in [0.4, 0.5) is 0 Å². The van der Waals surface area contributed by atoms with Crippen molar-refractivity contribution in [2.45, 2.75) is 52.9 Å². The Labute approximate surface area is 133 Å². The Hall–Kier alpha value is -0.340. The molecule has 0 aliphatic carbocycles. The second-order valence-electron chi connectivity index (χ2n) is 6.24. The highest BCUT2D eigenvalue weighted by Gasteiger charge is 2.10. The minimum absolute atomic E-state index is 0.735. The zero-order valence-corrected chi connectivity index (χ0v) is 14.9. The van der Waals surface area contributed by atoms with Crippen LogP contribution in [0.3, 0.4) is 0 Å². The molecular formula is C18H30BrN. The number of unbranched alkanes of at least 4 members (excludes halogenated alkanes) is 2. The third-order valence-corrected chi connectivity index (χ3v) is 4.17. The van der Waals surface area contributed by atoms with Gasteiger partial charge in [-0.2, -0.15) is 0 Å². The number of nitrogens with one attached hydrogen (secondary N) is 1. The molecule has 2 heteroatoms. The Morgan fingerprint density at radius 3 is 2.35 bits per heavy atom. The zero-order chi connectivity index (χ0) is 14.8. The predicted molar refractivity (Wildman–Crippen MR) is 93.2 cm³/mol. The lowest BCUT2D eigenvalue weighted by atomic mass is 9.93. The lowest BCUT2D eigenvalue weighted by molar-refractivity contribution is 0.409. The SMILES string of the molecule is CCCCCC(CNCC(C)C)Cc1ccc(Br)cc1. The molecule has 0 fully saturated rings. The van der Waals surface area contributed by atoms with E-state index in [9.17, 15) is 0 Å². The molecular weight excluding hydrogens is 310 g/mol. The summed E-state index contributed by atoms with van der Waals surface area (Å²) in [7, 11) is 0. The van der Waals surface area contributed by atoms with Crippen LogP contribution in [0, 0.1) is 11.8 Å². The molecule has 114 valence electrons. The predicted octanol–water partition coefficient (Wildman–Crippen LogP) is 5.43. The van der Waals surface area contributed by atoms with Crippen LogP contribution in [0.5, 0.6) is 0 Å². The Morgan fingerprint density at radius 2 is 1.75 bits per heavy atom. The fraction of sp³-hybridized carbons (Fsp3) is 0.667. The summed E-state index contributed by atoms with van der Waals surface area (Å²) in [6.45, 7) is 9.10. The summed E-state index contributed by atoms with van der Waals surface area (Å²) in [5, 5.41) is 3.63. The molecule has 1 aromatic rings. The number of hydrogen-bond donors (Lipinski definition) is 1. The normalized spacial score (nSPS) is 12.8. The fourth-order valence-electron chi connectivity index (χ4n) is 2.49. The first-order valence-corrected chi connectivity index (χ1v) is 8.86. The van der Waals surface area contributed by atoms with Gasteiger partial charge in [0.1, 0.15) is 0 Å². The maximum absolute atomic E-state index is 3.63. The van der Waals surface area contributed by atoms with Crippen molar-refractivity contribution in [1.29, 1.82) is 0 Å². The van der Waals surface area contributed by atoms with Gasteiger partial charge in [-0.3, -0.25) is 0 Å². The summed E-state index contributed by atoms with van der Waals surface area (Å²) in [5.74, 6) is 1.50. The van der Waals surface area contributed by atoms with Crippen molar-refractivity contribution in [3.05, 3.63) is 34.3 Å². The van der Waals surface area contributed by atoms with Crippen LogP contribution in [0.2, 0.25) is 0 Å². The van der Waals surface area contributed by atoms with Gasteiger partial charge in [0.25, 0.3) is 0 Å². The number of halogens is 1. The van der Waals surface area contributed by atoms with Crippen molar-refractivity contribution < 1.29 is 0 Å². The maximum Gasteiger partial charge on any atom is 0.0175 e. The van der Waals surface area contributed by atoms with Crippen LogP contribution in [0.25, 0.3) is 0 Å². The van der Waals surface area contributed by atoms with Gasteiger partial charge in [-0.05, 0) is 55.5 Å². The number of benzene rings is 1. The van der Waals surface area contributed by atoms with E-state index < -0.39 is 0 Å². The van der Waals surface area contributed by atoms with E-state index in [-0.39, 0.29) is 0 Å². The van der Waals surface area contributed by atoms with Crippen LogP contribution in [0.1, 0.15) is 52.0 Å². The molecule has 0 saturated heterocycles.